The van der Waals surface area contributed by atoms with E-state index in [1.807, 2.05) is 0 Å². The predicted octanol–water partition coefficient (Wildman–Crippen LogP) is 1.66. The van der Waals surface area contributed by atoms with Crippen molar-refractivity contribution in [3.8, 4) is 5.75 Å². The van der Waals surface area contributed by atoms with Crippen molar-refractivity contribution in [3.05, 3.63) is 23.3 Å². The Morgan fingerprint density at radius 3 is 2.64 bits per heavy atom. The van der Waals surface area contributed by atoms with Crippen molar-refractivity contribution in [3.63, 3.8) is 0 Å². The summed E-state index contributed by atoms with van der Waals surface area (Å²) < 4.78 is 41.9. The van der Waals surface area contributed by atoms with Gasteiger partial charge in [-0.1, -0.05) is 0 Å². The van der Waals surface area contributed by atoms with E-state index < -0.39 is 24.7 Å². The summed E-state index contributed by atoms with van der Waals surface area (Å²) in [6, 6.07) is 0.852. The molecule has 0 saturated heterocycles. The van der Waals surface area contributed by atoms with E-state index in [0.717, 1.165) is 13.2 Å². The van der Waals surface area contributed by atoms with E-state index in [1.165, 1.54) is 0 Å². The Balaban J connectivity index is 3.31. The van der Waals surface area contributed by atoms with Crippen LogP contribution in [-0.4, -0.2) is 17.2 Å². The zero-order valence-corrected chi connectivity index (χ0v) is 7.30. The summed E-state index contributed by atoms with van der Waals surface area (Å²) in [5.41, 5.74) is -0.841. The standard InChI is InChI=1S/C8H8F3NO2/c1-14-7-4(3-13)2-5(9)12-6(7)8(10)11/h2,8,13H,3H2,1H3. The summed E-state index contributed by atoms with van der Waals surface area (Å²) in [5.74, 6) is -1.34. The molecule has 0 fully saturated rings. The number of rotatable bonds is 3. The number of aliphatic hydroxyl groups is 1. The summed E-state index contributed by atoms with van der Waals surface area (Å²) >= 11 is 0. The van der Waals surface area contributed by atoms with Crippen molar-refractivity contribution >= 4 is 0 Å². The third-order valence-corrected chi connectivity index (χ3v) is 1.63. The molecule has 0 aliphatic rings. The molecule has 0 bridgehead atoms. The lowest BCUT2D eigenvalue weighted by atomic mass is 10.2. The number of nitrogens with zero attached hydrogens (tertiary/aromatic N) is 1. The predicted molar refractivity (Wildman–Crippen MR) is 41.6 cm³/mol. The molecular weight excluding hydrogens is 199 g/mol. The summed E-state index contributed by atoms with van der Waals surface area (Å²) in [6.07, 6.45) is -2.94. The van der Waals surface area contributed by atoms with Gasteiger partial charge in [-0.2, -0.15) is 4.39 Å². The third kappa shape index (κ3) is 1.95. The first kappa shape index (κ1) is 10.8. The monoisotopic (exact) mass is 207 g/mol. The van der Waals surface area contributed by atoms with Crippen LogP contribution in [-0.2, 0) is 6.61 Å². The van der Waals surface area contributed by atoms with E-state index in [9.17, 15) is 13.2 Å². The van der Waals surface area contributed by atoms with Crippen LogP contribution in [0.2, 0.25) is 0 Å². The maximum absolute atomic E-state index is 12.7. The van der Waals surface area contributed by atoms with Gasteiger partial charge in [0.15, 0.2) is 11.4 Å². The van der Waals surface area contributed by atoms with Crippen molar-refractivity contribution < 1.29 is 23.0 Å². The van der Waals surface area contributed by atoms with E-state index >= 15 is 0 Å². The Bertz CT molecular complexity index is 331. The normalized spacial score (nSPS) is 10.7. The molecular formula is C8H8F3NO2. The van der Waals surface area contributed by atoms with Gasteiger partial charge in [-0.15, -0.1) is 0 Å². The molecule has 0 spiro atoms. The van der Waals surface area contributed by atoms with Crippen LogP contribution in [0.5, 0.6) is 5.75 Å². The molecule has 78 valence electrons. The Hall–Kier alpha value is -1.30. The second kappa shape index (κ2) is 4.28. The first-order valence-corrected chi connectivity index (χ1v) is 3.72. The van der Waals surface area contributed by atoms with Gasteiger partial charge >= 0.3 is 0 Å². The number of halogens is 3. The van der Waals surface area contributed by atoms with Gasteiger partial charge in [-0.25, -0.2) is 13.8 Å². The van der Waals surface area contributed by atoms with Gasteiger partial charge in [0.25, 0.3) is 6.43 Å². The fourth-order valence-electron chi connectivity index (χ4n) is 1.07. The topological polar surface area (TPSA) is 42.4 Å². The minimum Gasteiger partial charge on any atom is -0.494 e. The average molecular weight is 207 g/mol. The van der Waals surface area contributed by atoms with Crippen LogP contribution in [0.15, 0.2) is 6.07 Å². The smallest absolute Gasteiger partial charge is 0.284 e. The van der Waals surface area contributed by atoms with Crippen LogP contribution < -0.4 is 4.74 Å². The van der Waals surface area contributed by atoms with Crippen molar-refractivity contribution in [2.45, 2.75) is 13.0 Å². The fraction of sp³-hybridized carbons (Fsp3) is 0.375. The van der Waals surface area contributed by atoms with Crippen molar-refractivity contribution in [1.82, 2.24) is 4.98 Å². The van der Waals surface area contributed by atoms with Gasteiger partial charge < -0.3 is 9.84 Å². The third-order valence-electron chi connectivity index (χ3n) is 1.63. The maximum atomic E-state index is 12.7. The van der Waals surface area contributed by atoms with Crippen LogP contribution in [0.3, 0.4) is 0 Å². The fourth-order valence-corrected chi connectivity index (χ4v) is 1.07. The first-order valence-electron chi connectivity index (χ1n) is 3.72. The van der Waals surface area contributed by atoms with E-state index in [4.69, 9.17) is 5.11 Å². The van der Waals surface area contributed by atoms with Gasteiger partial charge in [0.1, 0.15) is 0 Å². The molecule has 1 aromatic rings. The molecule has 0 radical (unpaired) electrons. The number of aliphatic hydroxyl groups excluding tert-OH is 1. The zero-order valence-electron chi connectivity index (χ0n) is 7.30. The number of ether oxygens (including phenoxy) is 1. The van der Waals surface area contributed by atoms with Crippen LogP contribution in [0, 0.1) is 5.95 Å². The maximum Gasteiger partial charge on any atom is 0.284 e. The number of hydrogen-bond donors (Lipinski definition) is 1. The molecule has 0 aromatic carbocycles. The second-order valence-corrected chi connectivity index (χ2v) is 2.48. The number of alkyl halides is 2. The van der Waals surface area contributed by atoms with Gasteiger partial charge in [0.05, 0.1) is 13.7 Å². The molecule has 0 unspecified atom stereocenters. The summed E-state index contributed by atoms with van der Waals surface area (Å²) in [7, 11) is 1.15. The van der Waals surface area contributed by atoms with Crippen molar-refractivity contribution in [2.75, 3.05) is 7.11 Å². The molecule has 0 saturated carbocycles. The van der Waals surface area contributed by atoms with Crippen LogP contribution in [0.1, 0.15) is 17.7 Å². The van der Waals surface area contributed by atoms with E-state index in [-0.39, 0.29) is 11.3 Å². The number of aromatic nitrogens is 1. The van der Waals surface area contributed by atoms with Gasteiger partial charge in [0, 0.05) is 11.6 Å². The van der Waals surface area contributed by atoms with Crippen LogP contribution in [0.4, 0.5) is 13.2 Å². The average Bonchev–Trinajstić information content (AvgIpc) is 2.16. The highest BCUT2D eigenvalue weighted by molar-refractivity contribution is 5.37. The Morgan fingerprint density at radius 2 is 2.21 bits per heavy atom. The molecule has 0 atom stereocenters. The quantitative estimate of drug-likeness (QED) is 0.766. The van der Waals surface area contributed by atoms with Crippen molar-refractivity contribution in [2.24, 2.45) is 0 Å². The van der Waals surface area contributed by atoms with E-state index in [1.54, 1.807) is 0 Å². The zero-order chi connectivity index (χ0) is 10.7. The second-order valence-electron chi connectivity index (χ2n) is 2.48. The lowest BCUT2D eigenvalue weighted by Crippen LogP contribution is -2.03. The summed E-state index contributed by atoms with van der Waals surface area (Å²) in [6.45, 7) is -0.581. The highest BCUT2D eigenvalue weighted by atomic mass is 19.3. The lowest BCUT2D eigenvalue weighted by Gasteiger charge is -2.10. The lowest BCUT2D eigenvalue weighted by molar-refractivity contribution is 0.139. The summed E-state index contributed by atoms with van der Waals surface area (Å²) in [4.78, 5) is 3.00. The SMILES string of the molecule is COc1c(CO)cc(F)nc1C(F)F. The molecule has 3 nitrogen and oxygen atoms in total. The Kier molecular flexibility index (Phi) is 3.29. The van der Waals surface area contributed by atoms with E-state index in [2.05, 4.69) is 9.72 Å². The molecule has 1 rings (SSSR count). The molecule has 0 aliphatic carbocycles. The molecule has 1 N–H and O–H groups in total. The number of hydrogen-bond acceptors (Lipinski definition) is 3. The molecule has 0 amide bonds. The number of methoxy groups -OCH3 is 1. The van der Waals surface area contributed by atoms with Crippen LogP contribution in [0.25, 0.3) is 0 Å². The molecule has 14 heavy (non-hydrogen) atoms. The largest absolute Gasteiger partial charge is 0.494 e. The highest BCUT2D eigenvalue weighted by Crippen LogP contribution is 2.30. The highest BCUT2D eigenvalue weighted by Gasteiger charge is 2.20. The molecule has 1 aromatic heterocycles. The van der Waals surface area contributed by atoms with Crippen molar-refractivity contribution in [1.29, 1.82) is 0 Å². The molecule has 1 heterocycles. The number of pyridine rings is 1. The molecule has 0 aliphatic heterocycles. The minimum atomic E-state index is -2.94. The van der Waals surface area contributed by atoms with Gasteiger partial charge in [0.2, 0.25) is 5.95 Å². The first-order chi connectivity index (χ1) is 6.60. The van der Waals surface area contributed by atoms with Crippen LogP contribution >= 0.6 is 0 Å². The summed E-state index contributed by atoms with van der Waals surface area (Å²) in [5, 5.41) is 8.76. The Morgan fingerprint density at radius 1 is 1.57 bits per heavy atom. The van der Waals surface area contributed by atoms with Gasteiger partial charge in [-0.3, -0.25) is 0 Å². The molecule has 6 heteroatoms. The van der Waals surface area contributed by atoms with E-state index in [0.29, 0.717) is 0 Å². The Labute approximate surface area is 78.2 Å². The van der Waals surface area contributed by atoms with Gasteiger partial charge in [-0.05, 0) is 0 Å². The minimum absolute atomic E-state index is 0.0460.